The second-order valence-electron chi connectivity index (χ2n) is 5.15. The van der Waals surface area contributed by atoms with E-state index in [1.54, 1.807) is 31.1 Å². The van der Waals surface area contributed by atoms with Crippen LogP contribution >= 0.6 is 23.2 Å². The minimum absolute atomic E-state index is 0.156. The Hall–Kier alpha value is -0.770. The van der Waals surface area contributed by atoms with Crippen LogP contribution in [0.2, 0.25) is 10.0 Å². The van der Waals surface area contributed by atoms with Crippen molar-refractivity contribution in [3.8, 4) is 0 Å². The first-order chi connectivity index (χ1) is 9.41. The zero-order valence-corrected chi connectivity index (χ0v) is 13.4. The van der Waals surface area contributed by atoms with Crippen molar-refractivity contribution < 1.29 is 9.90 Å². The molecule has 1 N–H and O–H groups in total. The predicted molar refractivity (Wildman–Crippen MR) is 83.1 cm³/mol. The van der Waals surface area contributed by atoms with Gasteiger partial charge in [-0.2, -0.15) is 0 Å². The molecule has 0 unspecified atom stereocenters. The van der Waals surface area contributed by atoms with E-state index >= 15 is 0 Å². The number of rotatable bonds is 1. The zero-order valence-electron chi connectivity index (χ0n) is 11.9. The monoisotopic (exact) mass is 317 g/mol. The summed E-state index contributed by atoms with van der Waals surface area (Å²) in [6.07, 6.45) is 3.08. The smallest absolute Gasteiger partial charge is 0.225 e. The molecule has 5 heteroatoms. The number of halogens is 2. The van der Waals surface area contributed by atoms with Crippen LogP contribution in [0.15, 0.2) is 24.3 Å². The van der Waals surface area contributed by atoms with Crippen LogP contribution in [0.5, 0.6) is 0 Å². The van der Waals surface area contributed by atoms with Crippen LogP contribution in [0.25, 0.3) is 0 Å². The second kappa shape index (κ2) is 8.50. The molecule has 20 heavy (non-hydrogen) atoms. The van der Waals surface area contributed by atoms with Crippen molar-refractivity contribution in [1.29, 1.82) is 0 Å². The van der Waals surface area contributed by atoms with E-state index in [1.165, 1.54) is 0 Å². The second-order valence-corrected chi connectivity index (χ2v) is 5.97. The summed E-state index contributed by atoms with van der Waals surface area (Å²) >= 11 is 11.2. The first kappa shape index (κ1) is 17.3. The molecule has 0 aromatic heterocycles. The van der Waals surface area contributed by atoms with E-state index < -0.39 is 0 Å². The van der Waals surface area contributed by atoms with Crippen molar-refractivity contribution in [2.75, 3.05) is 14.1 Å². The van der Waals surface area contributed by atoms with Crippen LogP contribution < -0.4 is 0 Å². The van der Waals surface area contributed by atoms with Crippen molar-refractivity contribution in [2.24, 2.45) is 5.92 Å². The number of aliphatic hydroxyl groups is 1. The molecule has 2 rings (SSSR count). The number of carbonyl (C=O) groups is 1. The Bertz CT molecular complexity index is 409. The summed E-state index contributed by atoms with van der Waals surface area (Å²) in [6, 6.07) is 7.19. The van der Waals surface area contributed by atoms with Crippen molar-refractivity contribution in [3.05, 3.63) is 34.3 Å². The van der Waals surface area contributed by atoms with Crippen molar-refractivity contribution in [3.63, 3.8) is 0 Å². The number of benzene rings is 1. The number of hydrogen-bond acceptors (Lipinski definition) is 2. The van der Waals surface area contributed by atoms with Crippen LogP contribution in [0, 0.1) is 5.92 Å². The van der Waals surface area contributed by atoms with E-state index in [0.717, 1.165) is 25.7 Å². The zero-order chi connectivity index (χ0) is 15.1. The van der Waals surface area contributed by atoms with Crippen LogP contribution in [0.3, 0.4) is 0 Å². The molecule has 112 valence electrons. The van der Waals surface area contributed by atoms with E-state index in [4.69, 9.17) is 23.2 Å². The van der Waals surface area contributed by atoms with Gasteiger partial charge in [-0.15, -0.1) is 0 Å². The topological polar surface area (TPSA) is 40.5 Å². The highest BCUT2D eigenvalue weighted by molar-refractivity contribution is 6.41. The van der Waals surface area contributed by atoms with Crippen molar-refractivity contribution in [2.45, 2.75) is 31.8 Å². The Morgan fingerprint density at radius 2 is 1.55 bits per heavy atom. The molecule has 1 saturated carbocycles. The molecule has 0 aliphatic heterocycles. The Kier molecular flexibility index (Phi) is 7.35. The van der Waals surface area contributed by atoms with Gasteiger partial charge in [0.25, 0.3) is 0 Å². The Labute approximate surface area is 130 Å². The normalized spacial score (nSPS) is 21.6. The number of hydrogen-bond donors (Lipinski definition) is 1. The van der Waals surface area contributed by atoms with E-state index in [0.29, 0.717) is 10.0 Å². The molecule has 1 aliphatic carbocycles. The summed E-state index contributed by atoms with van der Waals surface area (Å²) in [5.74, 6) is 0.366. The van der Waals surface area contributed by atoms with E-state index in [1.807, 2.05) is 12.1 Å². The third-order valence-electron chi connectivity index (χ3n) is 3.31. The van der Waals surface area contributed by atoms with Gasteiger partial charge in [0, 0.05) is 20.0 Å². The maximum absolute atomic E-state index is 11.4. The molecule has 1 aromatic rings. The van der Waals surface area contributed by atoms with Gasteiger partial charge in [0.15, 0.2) is 0 Å². The molecule has 0 heterocycles. The van der Waals surface area contributed by atoms with Crippen molar-refractivity contribution in [1.82, 2.24) is 4.90 Å². The molecule has 3 nitrogen and oxygen atoms in total. The van der Waals surface area contributed by atoms with Gasteiger partial charge in [-0.3, -0.25) is 4.79 Å². The lowest BCUT2D eigenvalue weighted by atomic mass is 9.87. The minimum atomic E-state index is -0.170. The maximum Gasteiger partial charge on any atom is 0.225 e. The number of amides is 1. The largest absolute Gasteiger partial charge is 0.393 e. The fourth-order valence-corrected chi connectivity index (χ4v) is 2.40. The third-order valence-corrected chi connectivity index (χ3v) is 4.07. The van der Waals surface area contributed by atoms with Crippen molar-refractivity contribution >= 4 is 29.1 Å². The van der Waals surface area contributed by atoms with Gasteiger partial charge < -0.3 is 10.0 Å². The Morgan fingerprint density at radius 3 is 1.90 bits per heavy atom. The summed E-state index contributed by atoms with van der Waals surface area (Å²) in [7, 11) is 3.57. The van der Waals surface area contributed by atoms with Gasteiger partial charge in [-0.25, -0.2) is 0 Å². The fourth-order valence-electron chi connectivity index (χ4n) is 2.13. The van der Waals surface area contributed by atoms with E-state index in [9.17, 15) is 9.90 Å². The first-order valence-corrected chi connectivity index (χ1v) is 7.46. The lowest BCUT2D eigenvalue weighted by Gasteiger charge is -2.26. The highest BCUT2D eigenvalue weighted by Gasteiger charge is 2.25. The summed E-state index contributed by atoms with van der Waals surface area (Å²) in [4.78, 5) is 13.1. The number of carbonyl (C=O) groups excluding carboxylic acids is 1. The maximum atomic E-state index is 11.4. The molecule has 1 fully saturated rings. The van der Waals surface area contributed by atoms with Gasteiger partial charge in [-0.05, 0) is 37.8 Å². The van der Waals surface area contributed by atoms with E-state index in [2.05, 4.69) is 0 Å². The molecule has 1 aromatic carbocycles. The highest BCUT2D eigenvalue weighted by Crippen LogP contribution is 2.25. The van der Waals surface area contributed by atoms with E-state index in [-0.39, 0.29) is 17.9 Å². The van der Waals surface area contributed by atoms with Crippen LogP contribution in [-0.4, -0.2) is 36.1 Å². The Balaban J connectivity index is 0.000000217. The van der Waals surface area contributed by atoms with Gasteiger partial charge >= 0.3 is 0 Å². The molecule has 1 amide bonds. The molecule has 0 bridgehead atoms. The quantitative estimate of drug-likeness (QED) is 0.859. The SMILES string of the molecule is CN(C)C(=O)C1CCC(O)CC1.Clc1ccccc1Cl. The average Bonchev–Trinajstić information content (AvgIpc) is 2.43. The Morgan fingerprint density at radius 1 is 1.10 bits per heavy atom. The summed E-state index contributed by atoms with van der Waals surface area (Å²) in [5.41, 5.74) is 0. The van der Waals surface area contributed by atoms with Crippen LogP contribution in [0.1, 0.15) is 25.7 Å². The lowest BCUT2D eigenvalue weighted by Crippen LogP contribution is -2.33. The van der Waals surface area contributed by atoms with Gasteiger partial charge in [0.2, 0.25) is 5.91 Å². The predicted octanol–water partition coefficient (Wildman–Crippen LogP) is 3.62. The molecule has 1 aliphatic rings. The summed E-state index contributed by atoms with van der Waals surface area (Å²) < 4.78 is 0. The number of nitrogens with zero attached hydrogens (tertiary/aromatic N) is 1. The lowest BCUT2D eigenvalue weighted by molar-refractivity contribution is -0.134. The molecule has 0 radical (unpaired) electrons. The molecule has 0 saturated heterocycles. The van der Waals surface area contributed by atoms with Gasteiger partial charge in [0.1, 0.15) is 0 Å². The summed E-state index contributed by atoms with van der Waals surface area (Å²) in [6.45, 7) is 0. The average molecular weight is 318 g/mol. The molecular formula is C15H21Cl2NO2. The minimum Gasteiger partial charge on any atom is -0.393 e. The third kappa shape index (κ3) is 5.70. The standard InChI is InChI=1S/C9H17NO2.C6H4Cl2/c1-10(2)9(12)7-3-5-8(11)6-4-7;7-5-3-1-2-4-6(5)8/h7-8,11H,3-6H2,1-2H3;1-4H. The fraction of sp³-hybridized carbons (Fsp3) is 0.533. The van der Waals surface area contributed by atoms with Gasteiger partial charge in [-0.1, -0.05) is 35.3 Å². The van der Waals surface area contributed by atoms with Gasteiger partial charge in [0.05, 0.1) is 16.1 Å². The number of aliphatic hydroxyl groups excluding tert-OH is 1. The molecule has 0 spiro atoms. The highest BCUT2D eigenvalue weighted by atomic mass is 35.5. The molecule has 0 atom stereocenters. The van der Waals surface area contributed by atoms with Crippen LogP contribution in [0.4, 0.5) is 0 Å². The first-order valence-electron chi connectivity index (χ1n) is 6.71. The summed E-state index contributed by atoms with van der Waals surface area (Å²) in [5, 5.41) is 10.4. The molecular weight excluding hydrogens is 297 g/mol. The van der Waals surface area contributed by atoms with Crippen LogP contribution in [-0.2, 0) is 4.79 Å².